The first-order valence-electron chi connectivity index (χ1n) is 10.6. The van der Waals surface area contributed by atoms with Crippen LogP contribution in [-0.2, 0) is 11.3 Å². The zero-order chi connectivity index (χ0) is 23.5. The predicted molar refractivity (Wildman–Crippen MR) is 126 cm³/mol. The van der Waals surface area contributed by atoms with E-state index in [1.54, 1.807) is 59.3 Å². The van der Waals surface area contributed by atoms with Crippen molar-refractivity contribution < 1.29 is 14.0 Å². The first kappa shape index (κ1) is 21.1. The molecule has 0 bridgehead atoms. The molecule has 2 aromatic carbocycles. The Bertz CT molecular complexity index is 1570. The Kier molecular flexibility index (Phi) is 5.57. The van der Waals surface area contributed by atoms with E-state index in [-0.39, 0.29) is 18.4 Å². The van der Waals surface area contributed by atoms with Crippen LogP contribution in [-0.4, -0.2) is 26.6 Å². The number of para-hydroxylation sites is 2. The Labute approximate surface area is 193 Å². The predicted octanol–water partition coefficient (Wildman–Crippen LogP) is 3.06. The van der Waals surface area contributed by atoms with Crippen molar-refractivity contribution in [3.05, 3.63) is 95.0 Å². The highest BCUT2D eigenvalue weighted by Crippen LogP contribution is 2.25. The molecule has 168 valence electrons. The maximum atomic E-state index is 12.9. The molecule has 5 rings (SSSR count). The molecule has 0 unspecified atom stereocenters. The summed E-state index contributed by atoms with van der Waals surface area (Å²) in [5.41, 5.74) is 6.87. The van der Waals surface area contributed by atoms with Crippen LogP contribution in [0.1, 0.15) is 16.8 Å². The highest BCUT2D eigenvalue weighted by Gasteiger charge is 2.16. The maximum Gasteiger partial charge on any atom is 0.270 e. The molecule has 0 aliphatic heterocycles. The van der Waals surface area contributed by atoms with Crippen LogP contribution in [0.4, 0.5) is 0 Å². The molecule has 9 nitrogen and oxygen atoms in total. The third-order valence-electron chi connectivity index (χ3n) is 5.36. The Morgan fingerprint density at radius 3 is 2.56 bits per heavy atom. The van der Waals surface area contributed by atoms with Crippen LogP contribution < -0.4 is 16.3 Å². The third-order valence-corrected chi connectivity index (χ3v) is 5.36. The summed E-state index contributed by atoms with van der Waals surface area (Å²) in [5.74, 6) is -0.348. The normalized spacial score (nSPS) is 10.9. The largest absolute Gasteiger partial charge is 0.463 e. The second-order valence-electron chi connectivity index (χ2n) is 7.55. The highest BCUT2D eigenvalue weighted by molar-refractivity contribution is 6.07. The first-order chi connectivity index (χ1) is 16.6. The molecule has 9 heteroatoms. The molecule has 2 amide bonds. The summed E-state index contributed by atoms with van der Waals surface area (Å²) in [4.78, 5) is 41.9. The third kappa shape index (κ3) is 4.14. The number of nitrogens with zero attached hydrogens (tertiary/aromatic N) is 3. The number of pyridine rings is 1. The molecule has 0 fully saturated rings. The monoisotopic (exact) mass is 453 g/mol. The Morgan fingerprint density at radius 2 is 1.74 bits per heavy atom. The van der Waals surface area contributed by atoms with Crippen LogP contribution >= 0.6 is 0 Å². The van der Waals surface area contributed by atoms with E-state index in [9.17, 15) is 14.4 Å². The summed E-state index contributed by atoms with van der Waals surface area (Å²) in [7, 11) is 0. The number of amides is 2. The van der Waals surface area contributed by atoms with Crippen LogP contribution in [0.3, 0.4) is 0 Å². The van der Waals surface area contributed by atoms with Gasteiger partial charge >= 0.3 is 0 Å². The summed E-state index contributed by atoms with van der Waals surface area (Å²) >= 11 is 0. The lowest BCUT2D eigenvalue weighted by atomic mass is 10.1. The molecule has 3 aromatic heterocycles. The molecule has 34 heavy (non-hydrogen) atoms. The Balaban J connectivity index is 1.30. The van der Waals surface area contributed by atoms with Gasteiger partial charge in [-0.3, -0.25) is 29.9 Å². The molecule has 3 heterocycles. The quantitative estimate of drug-likeness (QED) is 0.395. The number of hydrazine groups is 1. The van der Waals surface area contributed by atoms with Crippen molar-refractivity contribution in [3.63, 3.8) is 0 Å². The SMILES string of the molecule is O=C(CCn1ncc(=O)c2ccccc21)NNC(=O)c1cc(-c2ccco2)nc2ccccc12. The smallest absolute Gasteiger partial charge is 0.270 e. The van der Waals surface area contributed by atoms with Gasteiger partial charge in [-0.2, -0.15) is 5.10 Å². The minimum absolute atomic E-state index is 0.0505. The lowest BCUT2D eigenvalue weighted by Gasteiger charge is -2.12. The molecule has 0 saturated carbocycles. The van der Waals surface area contributed by atoms with Crippen molar-refractivity contribution in [3.8, 4) is 11.5 Å². The minimum Gasteiger partial charge on any atom is -0.463 e. The van der Waals surface area contributed by atoms with Gasteiger partial charge in [0.2, 0.25) is 11.3 Å². The van der Waals surface area contributed by atoms with Crippen molar-refractivity contribution in [2.24, 2.45) is 0 Å². The number of nitrogens with one attached hydrogen (secondary N) is 2. The highest BCUT2D eigenvalue weighted by atomic mass is 16.3. The van der Waals surface area contributed by atoms with Gasteiger partial charge in [-0.25, -0.2) is 4.98 Å². The van der Waals surface area contributed by atoms with E-state index in [0.717, 1.165) is 0 Å². The number of furan rings is 1. The lowest BCUT2D eigenvalue weighted by Crippen LogP contribution is -2.42. The Morgan fingerprint density at radius 1 is 0.941 bits per heavy atom. The van der Waals surface area contributed by atoms with Crippen molar-refractivity contribution in [2.45, 2.75) is 13.0 Å². The van der Waals surface area contributed by atoms with Gasteiger partial charge in [0.25, 0.3) is 5.91 Å². The average molecular weight is 453 g/mol. The summed E-state index contributed by atoms with van der Waals surface area (Å²) in [5, 5.41) is 5.29. The van der Waals surface area contributed by atoms with Gasteiger partial charge in [-0.05, 0) is 36.4 Å². The van der Waals surface area contributed by atoms with E-state index in [0.29, 0.717) is 38.8 Å². The van der Waals surface area contributed by atoms with Gasteiger partial charge < -0.3 is 4.42 Å². The summed E-state index contributed by atoms with van der Waals surface area (Å²) in [6.45, 7) is 0.239. The van der Waals surface area contributed by atoms with Crippen molar-refractivity contribution in [2.75, 3.05) is 0 Å². The van der Waals surface area contributed by atoms with Crippen LogP contribution in [0.2, 0.25) is 0 Å². The first-order valence-corrected chi connectivity index (χ1v) is 10.6. The number of hydrogen-bond donors (Lipinski definition) is 2. The molecule has 2 N–H and O–H groups in total. The van der Waals surface area contributed by atoms with E-state index >= 15 is 0 Å². The fourth-order valence-electron chi connectivity index (χ4n) is 3.72. The molecule has 0 aliphatic carbocycles. The fraction of sp³-hybridized carbons (Fsp3) is 0.0800. The van der Waals surface area contributed by atoms with Crippen molar-refractivity contribution in [1.82, 2.24) is 25.6 Å². The van der Waals surface area contributed by atoms with E-state index < -0.39 is 11.8 Å². The molecule has 5 aromatic rings. The standard InChI is InChI=1S/C25H19N5O4/c31-22-15-26-30(21-9-4-2-7-17(21)22)12-11-24(32)28-29-25(33)18-14-20(23-10-5-13-34-23)27-19-8-3-1-6-16(18)19/h1-10,13-15H,11-12H2,(H,28,32)(H,29,33). The summed E-state index contributed by atoms with van der Waals surface area (Å²) < 4.78 is 7.01. The van der Waals surface area contributed by atoms with Crippen molar-refractivity contribution in [1.29, 1.82) is 0 Å². The number of rotatable bonds is 5. The number of fused-ring (bicyclic) bond motifs is 2. The van der Waals surface area contributed by atoms with Gasteiger partial charge in [0, 0.05) is 17.2 Å². The van der Waals surface area contributed by atoms with Gasteiger partial charge in [0.05, 0.1) is 35.6 Å². The van der Waals surface area contributed by atoms with E-state index in [1.165, 1.54) is 12.5 Å². The summed E-state index contributed by atoms with van der Waals surface area (Å²) in [6.07, 6.45) is 2.81. The second kappa shape index (κ2) is 8.99. The number of hydrogen-bond acceptors (Lipinski definition) is 6. The van der Waals surface area contributed by atoms with Gasteiger partial charge in [-0.15, -0.1) is 0 Å². The van der Waals surface area contributed by atoms with Crippen LogP contribution in [0.25, 0.3) is 33.3 Å². The van der Waals surface area contributed by atoms with Crippen LogP contribution in [0.5, 0.6) is 0 Å². The van der Waals surface area contributed by atoms with Crippen LogP contribution in [0, 0.1) is 0 Å². The zero-order valence-electron chi connectivity index (χ0n) is 17.9. The minimum atomic E-state index is -0.480. The molecule has 0 aliphatic rings. The number of carbonyl (C=O) groups excluding carboxylic acids is 2. The van der Waals surface area contributed by atoms with Gasteiger partial charge in [-0.1, -0.05) is 30.3 Å². The molecular formula is C25H19N5O4. The lowest BCUT2D eigenvalue weighted by molar-refractivity contribution is -0.122. The topological polar surface area (TPSA) is 119 Å². The Hall–Kier alpha value is -4.79. The molecule has 0 atom stereocenters. The van der Waals surface area contributed by atoms with Gasteiger partial charge in [0.15, 0.2) is 5.76 Å². The molecule has 0 spiro atoms. The molecule has 0 radical (unpaired) electrons. The summed E-state index contributed by atoms with van der Waals surface area (Å²) in [6, 6.07) is 19.4. The fourth-order valence-corrected chi connectivity index (χ4v) is 3.72. The maximum absolute atomic E-state index is 12.9. The molecular weight excluding hydrogens is 434 g/mol. The number of carbonyl (C=O) groups is 2. The van der Waals surface area contributed by atoms with Gasteiger partial charge in [0.1, 0.15) is 5.69 Å². The number of benzene rings is 2. The zero-order valence-corrected chi connectivity index (χ0v) is 17.9. The van der Waals surface area contributed by atoms with Crippen molar-refractivity contribution >= 4 is 33.6 Å². The average Bonchev–Trinajstić information content (AvgIpc) is 3.41. The van der Waals surface area contributed by atoms with E-state index in [1.807, 2.05) is 12.1 Å². The molecule has 0 saturated heterocycles. The van der Waals surface area contributed by atoms with Crippen LogP contribution in [0.15, 0.2) is 88.4 Å². The number of aromatic nitrogens is 3. The number of aryl methyl sites for hydroxylation is 1. The second-order valence-corrected chi connectivity index (χ2v) is 7.55. The van der Waals surface area contributed by atoms with E-state index in [4.69, 9.17) is 4.42 Å². The van der Waals surface area contributed by atoms with E-state index in [2.05, 4.69) is 20.9 Å².